The van der Waals surface area contributed by atoms with Crippen molar-refractivity contribution in [1.29, 1.82) is 0 Å². The van der Waals surface area contributed by atoms with E-state index in [0.29, 0.717) is 22.6 Å². The van der Waals surface area contributed by atoms with Crippen LogP contribution in [0.2, 0.25) is 0 Å². The smallest absolute Gasteiger partial charge is 0.330 e. The zero-order valence-corrected chi connectivity index (χ0v) is 15.8. The maximum atomic E-state index is 14.4. The first-order valence-electron chi connectivity index (χ1n) is 8.77. The summed E-state index contributed by atoms with van der Waals surface area (Å²) in [5.41, 5.74) is 1.07. The molecule has 2 aromatic carbocycles. The van der Waals surface area contributed by atoms with Crippen LogP contribution in [0, 0.1) is 5.82 Å². The molecule has 0 saturated heterocycles. The van der Waals surface area contributed by atoms with Gasteiger partial charge in [0.05, 0.1) is 0 Å². The van der Waals surface area contributed by atoms with Gasteiger partial charge < -0.3 is 18.9 Å². The van der Waals surface area contributed by atoms with Crippen LogP contribution in [-0.2, 0) is 19.1 Å². The Bertz CT molecular complexity index is 860. The molecule has 0 heterocycles. The summed E-state index contributed by atoms with van der Waals surface area (Å²) >= 11 is 0. The first-order chi connectivity index (χ1) is 14.0. The summed E-state index contributed by atoms with van der Waals surface area (Å²) in [6.45, 7) is 7.04. The van der Waals surface area contributed by atoms with Crippen molar-refractivity contribution in [1.82, 2.24) is 0 Å². The van der Waals surface area contributed by atoms with Gasteiger partial charge in [0.1, 0.15) is 43.7 Å². The van der Waals surface area contributed by atoms with Gasteiger partial charge in [0, 0.05) is 23.8 Å². The Labute approximate surface area is 168 Å². The van der Waals surface area contributed by atoms with E-state index >= 15 is 0 Å². The van der Waals surface area contributed by atoms with Gasteiger partial charge in [-0.1, -0.05) is 25.3 Å². The van der Waals surface area contributed by atoms with E-state index in [0.717, 1.165) is 12.2 Å². The fourth-order valence-corrected chi connectivity index (χ4v) is 2.27. The van der Waals surface area contributed by atoms with Gasteiger partial charge in [-0.15, -0.1) is 0 Å². The summed E-state index contributed by atoms with van der Waals surface area (Å²) in [7, 11) is 0. The molecule has 0 amide bonds. The Balaban J connectivity index is 1.88. The lowest BCUT2D eigenvalue weighted by Crippen LogP contribution is -2.10. The predicted octanol–water partition coefficient (Wildman–Crippen LogP) is 3.71. The number of hydrogen-bond donors (Lipinski definition) is 0. The van der Waals surface area contributed by atoms with Crippen molar-refractivity contribution in [2.24, 2.45) is 0 Å². The van der Waals surface area contributed by atoms with Crippen LogP contribution < -0.4 is 9.47 Å². The van der Waals surface area contributed by atoms with Crippen molar-refractivity contribution in [2.75, 3.05) is 26.4 Å². The highest BCUT2D eigenvalue weighted by molar-refractivity contribution is 5.81. The zero-order chi connectivity index (χ0) is 21.1. The standard InChI is InChI=1S/C22H21FO6/c1-3-21(24)28-13-11-26-17-7-5-16(6-8-17)19-10-9-18(15-20(19)23)27-12-14-29-22(25)4-2/h3-10,15H,1-2,11-14H2. The molecule has 0 aliphatic carbocycles. The molecule has 6 nitrogen and oxygen atoms in total. The molecule has 0 radical (unpaired) electrons. The molecule has 2 rings (SSSR count). The van der Waals surface area contributed by atoms with Gasteiger partial charge in [-0.3, -0.25) is 0 Å². The molecule has 2 aromatic rings. The molecule has 0 fully saturated rings. The van der Waals surface area contributed by atoms with Crippen LogP contribution in [0.5, 0.6) is 11.5 Å². The Kier molecular flexibility index (Phi) is 8.44. The number of halogens is 1. The molecule has 0 atom stereocenters. The van der Waals surface area contributed by atoms with Crippen LogP contribution in [0.4, 0.5) is 4.39 Å². The second-order valence-electron chi connectivity index (χ2n) is 5.61. The normalized spacial score (nSPS) is 9.97. The molecule has 0 aliphatic rings. The summed E-state index contributed by atoms with van der Waals surface area (Å²) in [5.74, 6) is -0.603. The predicted molar refractivity (Wildman–Crippen MR) is 105 cm³/mol. The second-order valence-corrected chi connectivity index (χ2v) is 5.61. The lowest BCUT2D eigenvalue weighted by molar-refractivity contribution is -0.139. The average Bonchev–Trinajstić information content (AvgIpc) is 2.74. The second kappa shape index (κ2) is 11.3. The highest BCUT2D eigenvalue weighted by Gasteiger charge is 2.08. The minimum absolute atomic E-state index is 0.0441. The largest absolute Gasteiger partial charge is 0.490 e. The molecule has 0 bridgehead atoms. The summed E-state index contributed by atoms with van der Waals surface area (Å²) in [6.07, 6.45) is 2.14. The number of rotatable bonds is 11. The summed E-state index contributed by atoms with van der Waals surface area (Å²) in [5, 5.41) is 0. The number of ether oxygens (including phenoxy) is 4. The van der Waals surface area contributed by atoms with Crippen LogP contribution in [0.15, 0.2) is 67.8 Å². The summed E-state index contributed by atoms with van der Waals surface area (Å²) < 4.78 is 34.8. The van der Waals surface area contributed by atoms with E-state index in [1.165, 1.54) is 6.07 Å². The molecular formula is C22H21FO6. The van der Waals surface area contributed by atoms with Crippen LogP contribution in [0.1, 0.15) is 0 Å². The van der Waals surface area contributed by atoms with Crippen molar-refractivity contribution in [3.8, 4) is 22.6 Å². The van der Waals surface area contributed by atoms with Crippen molar-refractivity contribution < 1.29 is 32.9 Å². The first-order valence-corrected chi connectivity index (χ1v) is 8.77. The van der Waals surface area contributed by atoms with Crippen LogP contribution in [-0.4, -0.2) is 38.4 Å². The van der Waals surface area contributed by atoms with Gasteiger partial charge in [0.15, 0.2) is 0 Å². The van der Waals surface area contributed by atoms with E-state index in [1.807, 2.05) is 0 Å². The third-order valence-corrected chi connectivity index (χ3v) is 3.63. The van der Waals surface area contributed by atoms with E-state index in [1.54, 1.807) is 36.4 Å². The van der Waals surface area contributed by atoms with E-state index in [-0.39, 0.29) is 26.4 Å². The molecule has 0 aliphatic heterocycles. The van der Waals surface area contributed by atoms with Crippen molar-refractivity contribution >= 4 is 11.9 Å². The maximum absolute atomic E-state index is 14.4. The molecule has 29 heavy (non-hydrogen) atoms. The molecule has 152 valence electrons. The number of hydrogen-bond acceptors (Lipinski definition) is 6. The maximum Gasteiger partial charge on any atom is 0.330 e. The molecule has 0 saturated carbocycles. The minimum atomic E-state index is -0.541. The first kappa shape index (κ1) is 21.7. The fourth-order valence-electron chi connectivity index (χ4n) is 2.27. The van der Waals surface area contributed by atoms with E-state index in [9.17, 15) is 14.0 Å². The SMILES string of the molecule is C=CC(=O)OCCOc1ccc(-c2ccc(OCCOC(=O)C=C)cc2F)cc1. The Morgan fingerprint density at radius 2 is 1.31 bits per heavy atom. The number of benzene rings is 2. The molecule has 7 heteroatoms. The van der Waals surface area contributed by atoms with Crippen molar-refractivity contribution in [3.05, 3.63) is 73.6 Å². The highest BCUT2D eigenvalue weighted by Crippen LogP contribution is 2.27. The van der Waals surface area contributed by atoms with Crippen LogP contribution in [0.3, 0.4) is 0 Å². The molecular weight excluding hydrogens is 379 g/mol. The van der Waals surface area contributed by atoms with Gasteiger partial charge in [-0.2, -0.15) is 0 Å². The van der Waals surface area contributed by atoms with E-state index in [2.05, 4.69) is 13.2 Å². The minimum Gasteiger partial charge on any atom is -0.490 e. The number of carbonyl (C=O) groups excluding carboxylic acids is 2. The lowest BCUT2D eigenvalue weighted by atomic mass is 10.0. The average molecular weight is 400 g/mol. The van der Waals surface area contributed by atoms with Crippen LogP contribution >= 0.6 is 0 Å². The Morgan fingerprint density at radius 1 is 0.793 bits per heavy atom. The van der Waals surface area contributed by atoms with Gasteiger partial charge >= 0.3 is 11.9 Å². The van der Waals surface area contributed by atoms with Gasteiger partial charge in [0.25, 0.3) is 0 Å². The Hall–Kier alpha value is -3.61. The molecule has 0 spiro atoms. The van der Waals surface area contributed by atoms with E-state index in [4.69, 9.17) is 18.9 Å². The topological polar surface area (TPSA) is 71.1 Å². The highest BCUT2D eigenvalue weighted by atomic mass is 19.1. The number of esters is 2. The quantitative estimate of drug-likeness (QED) is 0.325. The lowest BCUT2D eigenvalue weighted by Gasteiger charge is -2.10. The Morgan fingerprint density at radius 3 is 1.83 bits per heavy atom. The number of carbonyl (C=O) groups is 2. The van der Waals surface area contributed by atoms with Crippen molar-refractivity contribution in [2.45, 2.75) is 0 Å². The molecule has 0 unspecified atom stereocenters. The molecule has 0 aromatic heterocycles. The van der Waals surface area contributed by atoms with Gasteiger partial charge in [-0.05, 0) is 29.8 Å². The van der Waals surface area contributed by atoms with Crippen molar-refractivity contribution in [3.63, 3.8) is 0 Å². The molecule has 0 N–H and O–H groups in total. The van der Waals surface area contributed by atoms with Gasteiger partial charge in [-0.25, -0.2) is 14.0 Å². The monoisotopic (exact) mass is 400 g/mol. The van der Waals surface area contributed by atoms with Gasteiger partial charge in [0.2, 0.25) is 0 Å². The third-order valence-electron chi connectivity index (χ3n) is 3.63. The third kappa shape index (κ3) is 7.14. The summed E-state index contributed by atoms with van der Waals surface area (Å²) in [6, 6.07) is 11.3. The summed E-state index contributed by atoms with van der Waals surface area (Å²) in [4.78, 5) is 21.9. The van der Waals surface area contributed by atoms with Crippen LogP contribution in [0.25, 0.3) is 11.1 Å². The zero-order valence-electron chi connectivity index (χ0n) is 15.8. The fraction of sp³-hybridized carbons (Fsp3) is 0.182. The van der Waals surface area contributed by atoms with E-state index < -0.39 is 17.8 Å².